The van der Waals surface area contributed by atoms with Crippen molar-refractivity contribution in [1.29, 1.82) is 0 Å². The molecule has 1 aromatic rings. The summed E-state index contributed by atoms with van der Waals surface area (Å²) < 4.78 is 27.0. The molecule has 0 aromatic carbocycles. The number of nitrogens with two attached hydrogens (primary N) is 1. The second-order valence-electron chi connectivity index (χ2n) is 4.24. The summed E-state index contributed by atoms with van der Waals surface area (Å²) in [7, 11) is -3.31. The number of thiophene rings is 1. The van der Waals surface area contributed by atoms with Crippen molar-refractivity contribution in [3.05, 3.63) is 17.0 Å². The molecule has 102 valence electrons. The Morgan fingerprint density at radius 3 is 2.94 bits per heavy atom. The molecule has 1 aromatic heterocycles. The summed E-state index contributed by atoms with van der Waals surface area (Å²) in [5.41, 5.74) is 6.41. The molecule has 1 unspecified atom stereocenters. The maximum Gasteiger partial charge on any atom is 0.252 e. The van der Waals surface area contributed by atoms with Crippen molar-refractivity contribution >= 4 is 33.1 Å². The standard InChI is InChI=1S/C11H18N2O2S3/c1-2-10-7-13(3-4-16-10)18(14,15)11-5-9(6-12)8-17-11/h5,8,10H,2-4,6-7,12H2,1H3. The first kappa shape index (κ1) is 14.3. The van der Waals surface area contributed by atoms with Gasteiger partial charge in [-0.15, -0.1) is 11.3 Å². The van der Waals surface area contributed by atoms with Gasteiger partial charge >= 0.3 is 0 Å². The molecule has 1 atom stereocenters. The summed E-state index contributed by atoms with van der Waals surface area (Å²) >= 11 is 3.13. The maximum absolute atomic E-state index is 12.5. The normalized spacial score (nSPS) is 22.2. The van der Waals surface area contributed by atoms with Gasteiger partial charge in [0.1, 0.15) is 4.21 Å². The van der Waals surface area contributed by atoms with Gasteiger partial charge in [-0.2, -0.15) is 16.1 Å². The predicted molar refractivity (Wildman–Crippen MR) is 77.5 cm³/mol. The van der Waals surface area contributed by atoms with E-state index in [1.54, 1.807) is 10.4 Å². The molecule has 0 radical (unpaired) electrons. The van der Waals surface area contributed by atoms with Crippen molar-refractivity contribution in [2.24, 2.45) is 5.73 Å². The Morgan fingerprint density at radius 1 is 1.56 bits per heavy atom. The van der Waals surface area contributed by atoms with Gasteiger partial charge in [-0.25, -0.2) is 8.42 Å². The Kier molecular flexibility index (Phi) is 4.71. The van der Waals surface area contributed by atoms with Crippen LogP contribution in [0.4, 0.5) is 0 Å². The van der Waals surface area contributed by atoms with Crippen LogP contribution in [-0.4, -0.2) is 36.8 Å². The van der Waals surface area contributed by atoms with Crippen LogP contribution < -0.4 is 5.73 Å². The Morgan fingerprint density at radius 2 is 2.33 bits per heavy atom. The Balaban J connectivity index is 2.19. The van der Waals surface area contributed by atoms with Crippen LogP contribution >= 0.6 is 23.1 Å². The lowest BCUT2D eigenvalue weighted by Crippen LogP contribution is -2.41. The first-order valence-corrected chi connectivity index (χ1v) is 9.34. The molecule has 1 fully saturated rings. The first-order valence-electron chi connectivity index (χ1n) is 5.97. The summed E-state index contributed by atoms with van der Waals surface area (Å²) in [4.78, 5) is 0. The zero-order valence-electron chi connectivity index (χ0n) is 10.3. The average molecular weight is 306 g/mol. The molecule has 18 heavy (non-hydrogen) atoms. The fourth-order valence-corrected chi connectivity index (χ4v) is 6.13. The van der Waals surface area contributed by atoms with Crippen molar-refractivity contribution in [2.75, 3.05) is 18.8 Å². The van der Waals surface area contributed by atoms with E-state index < -0.39 is 10.0 Å². The Hall–Kier alpha value is -0.0800. The van der Waals surface area contributed by atoms with Crippen LogP contribution in [0.5, 0.6) is 0 Å². The fourth-order valence-electron chi connectivity index (χ4n) is 1.88. The minimum Gasteiger partial charge on any atom is -0.326 e. The summed E-state index contributed by atoms with van der Waals surface area (Å²) in [6.45, 7) is 3.73. The van der Waals surface area contributed by atoms with Gasteiger partial charge in [-0.1, -0.05) is 6.92 Å². The summed E-state index contributed by atoms with van der Waals surface area (Å²) in [6, 6.07) is 1.70. The van der Waals surface area contributed by atoms with Crippen LogP contribution in [0.15, 0.2) is 15.7 Å². The maximum atomic E-state index is 12.5. The zero-order chi connectivity index (χ0) is 13.2. The van der Waals surface area contributed by atoms with Crippen LogP contribution in [0, 0.1) is 0 Å². The van der Waals surface area contributed by atoms with Crippen LogP contribution in [0.1, 0.15) is 18.9 Å². The first-order chi connectivity index (χ1) is 8.57. The van der Waals surface area contributed by atoms with Crippen molar-refractivity contribution in [1.82, 2.24) is 4.31 Å². The van der Waals surface area contributed by atoms with Crippen LogP contribution in [0.3, 0.4) is 0 Å². The van der Waals surface area contributed by atoms with Gasteiger partial charge in [0.05, 0.1) is 0 Å². The van der Waals surface area contributed by atoms with Gasteiger partial charge < -0.3 is 5.73 Å². The van der Waals surface area contributed by atoms with E-state index in [9.17, 15) is 8.42 Å². The lowest BCUT2D eigenvalue weighted by molar-refractivity contribution is 0.417. The predicted octanol–water partition coefficient (Wildman–Crippen LogP) is 1.72. The molecule has 0 spiro atoms. The molecular formula is C11H18N2O2S3. The van der Waals surface area contributed by atoms with E-state index >= 15 is 0 Å². The molecule has 2 N–H and O–H groups in total. The van der Waals surface area contributed by atoms with Crippen molar-refractivity contribution in [2.45, 2.75) is 29.3 Å². The van der Waals surface area contributed by atoms with E-state index in [0.29, 0.717) is 29.1 Å². The van der Waals surface area contributed by atoms with Crippen molar-refractivity contribution < 1.29 is 8.42 Å². The number of hydrogen-bond acceptors (Lipinski definition) is 5. The minimum atomic E-state index is -3.31. The monoisotopic (exact) mass is 306 g/mol. The van der Waals surface area contributed by atoms with Crippen LogP contribution in [0.25, 0.3) is 0 Å². The van der Waals surface area contributed by atoms with Gasteiger partial charge in [-0.3, -0.25) is 0 Å². The number of nitrogens with zero attached hydrogens (tertiary/aromatic N) is 1. The quantitative estimate of drug-likeness (QED) is 0.920. The fraction of sp³-hybridized carbons (Fsp3) is 0.636. The number of hydrogen-bond donors (Lipinski definition) is 1. The molecule has 1 aliphatic heterocycles. The van der Waals surface area contributed by atoms with Crippen molar-refractivity contribution in [3.8, 4) is 0 Å². The second kappa shape index (κ2) is 5.92. The van der Waals surface area contributed by atoms with E-state index in [4.69, 9.17) is 5.73 Å². The van der Waals surface area contributed by atoms with Gasteiger partial charge in [0.2, 0.25) is 0 Å². The largest absolute Gasteiger partial charge is 0.326 e. The highest BCUT2D eigenvalue weighted by atomic mass is 32.2. The summed E-state index contributed by atoms with van der Waals surface area (Å²) in [5.74, 6) is 0.882. The van der Waals surface area contributed by atoms with Gasteiger partial charge in [0.15, 0.2) is 0 Å². The molecule has 2 heterocycles. The molecule has 2 rings (SSSR count). The average Bonchev–Trinajstić information content (AvgIpc) is 2.88. The molecule has 4 nitrogen and oxygen atoms in total. The third kappa shape index (κ3) is 2.91. The van der Waals surface area contributed by atoms with E-state index in [1.807, 2.05) is 17.1 Å². The smallest absolute Gasteiger partial charge is 0.252 e. The van der Waals surface area contributed by atoms with Crippen LogP contribution in [-0.2, 0) is 16.6 Å². The molecule has 1 aliphatic rings. The highest BCUT2D eigenvalue weighted by molar-refractivity contribution is 8.00. The van der Waals surface area contributed by atoms with E-state index in [0.717, 1.165) is 17.7 Å². The third-order valence-electron chi connectivity index (χ3n) is 3.02. The molecule has 1 saturated heterocycles. The lowest BCUT2D eigenvalue weighted by atomic mass is 10.3. The second-order valence-corrected chi connectivity index (χ2v) is 8.73. The lowest BCUT2D eigenvalue weighted by Gasteiger charge is -2.30. The molecular weight excluding hydrogens is 288 g/mol. The third-order valence-corrected chi connectivity index (χ3v) is 7.72. The van der Waals surface area contributed by atoms with Crippen LogP contribution in [0.2, 0.25) is 0 Å². The number of thioether (sulfide) groups is 1. The zero-order valence-corrected chi connectivity index (χ0v) is 12.8. The molecule has 0 bridgehead atoms. The Bertz CT molecular complexity index is 498. The highest BCUT2D eigenvalue weighted by Gasteiger charge is 2.30. The van der Waals surface area contributed by atoms with Gasteiger partial charge in [0.25, 0.3) is 10.0 Å². The summed E-state index contributed by atoms with van der Waals surface area (Å²) in [6.07, 6.45) is 1.01. The topological polar surface area (TPSA) is 63.4 Å². The number of sulfonamides is 1. The molecule has 7 heteroatoms. The van der Waals surface area contributed by atoms with E-state index in [-0.39, 0.29) is 0 Å². The Labute approximate surface area is 117 Å². The SMILES string of the molecule is CCC1CN(S(=O)(=O)c2cc(CN)cs2)CCS1. The highest BCUT2D eigenvalue weighted by Crippen LogP contribution is 2.29. The number of rotatable bonds is 4. The van der Waals surface area contributed by atoms with Crippen molar-refractivity contribution in [3.63, 3.8) is 0 Å². The molecule has 0 saturated carbocycles. The van der Waals surface area contributed by atoms with E-state index in [2.05, 4.69) is 6.92 Å². The minimum absolute atomic E-state index is 0.388. The van der Waals surface area contributed by atoms with E-state index in [1.165, 1.54) is 11.3 Å². The van der Waals surface area contributed by atoms with Gasteiger partial charge in [-0.05, 0) is 23.4 Å². The molecule has 0 amide bonds. The summed E-state index contributed by atoms with van der Waals surface area (Å²) in [5, 5.41) is 2.24. The van der Waals surface area contributed by atoms with Gasteiger partial charge in [0, 0.05) is 30.6 Å². The molecule has 0 aliphatic carbocycles.